The zero-order valence-corrected chi connectivity index (χ0v) is 9.45. The number of thiazole rings is 1. The summed E-state index contributed by atoms with van der Waals surface area (Å²) in [6.07, 6.45) is 3.48. The van der Waals surface area contributed by atoms with Gasteiger partial charge in [-0.05, 0) is 12.1 Å². The molecule has 0 aliphatic carbocycles. The lowest BCUT2D eigenvalue weighted by Gasteiger charge is -2.05. The van der Waals surface area contributed by atoms with Gasteiger partial charge in [0.15, 0.2) is 5.13 Å². The molecule has 0 unspecified atom stereocenters. The molecule has 5 heteroatoms. The van der Waals surface area contributed by atoms with Crippen LogP contribution in [-0.2, 0) is 0 Å². The van der Waals surface area contributed by atoms with Crippen LogP contribution in [0, 0.1) is 0 Å². The molecule has 15 heavy (non-hydrogen) atoms. The Balaban J connectivity index is 2.45. The third-order valence-electron chi connectivity index (χ3n) is 1.98. The van der Waals surface area contributed by atoms with Crippen LogP contribution in [0.25, 0.3) is 11.3 Å². The van der Waals surface area contributed by atoms with Crippen molar-refractivity contribution in [3.63, 3.8) is 0 Å². The predicted molar refractivity (Wildman–Crippen MR) is 64.1 cm³/mol. The first kappa shape index (κ1) is 9.92. The van der Waals surface area contributed by atoms with Gasteiger partial charge in [0.25, 0.3) is 0 Å². The van der Waals surface area contributed by atoms with Gasteiger partial charge in [-0.3, -0.25) is 4.98 Å². The van der Waals surface area contributed by atoms with E-state index in [0.717, 1.165) is 21.4 Å². The number of hydrogen-bond donors (Lipinski definition) is 1. The second-order valence-electron chi connectivity index (χ2n) is 3.34. The molecule has 0 spiro atoms. The largest absolute Gasteiger partial charge is 0.389 e. The van der Waals surface area contributed by atoms with Crippen molar-refractivity contribution in [2.45, 2.75) is 0 Å². The van der Waals surface area contributed by atoms with Gasteiger partial charge in [-0.1, -0.05) is 11.3 Å². The molecule has 0 atom stereocenters. The fourth-order valence-corrected chi connectivity index (χ4v) is 2.00. The number of anilines is 2. The van der Waals surface area contributed by atoms with E-state index < -0.39 is 0 Å². The number of nitrogen functional groups attached to an aromatic ring is 1. The van der Waals surface area contributed by atoms with Crippen molar-refractivity contribution in [3.8, 4) is 11.3 Å². The van der Waals surface area contributed by atoms with Gasteiger partial charge in [0.2, 0.25) is 0 Å². The maximum Gasteiger partial charge on any atom is 0.187 e. The summed E-state index contributed by atoms with van der Waals surface area (Å²) in [5.74, 6) is 0. The molecule has 2 N–H and O–H groups in total. The summed E-state index contributed by atoms with van der Waals surface area (Å²) >= 11 is 1.49. The van der Waals surface area contributed by atoms with Gasteiger partial charge in [0.05, 0.1) is 0 Å². The van der Waals surface area contributed by atoms with Crippen LogP contribution in [-0.4, -0.2) is 24.1 Å². The molecule has 0 radical (unpaired) electrons. The molecule has 0 aromatic carbocycles. The van der Waals surface area contributed by atoms with E-state index in [9.17, 15) is 0 Å². The average molecular weight is 220 g/mol. The number of pyridine rings is 1. The van der Waals surface area contributed by atoms with Crippen molar-refractivity contribution in [1.82, 2.24) is 9.97 Å². The fourth-order valence-electron chi connectivity index (χ4n) is 1.23. The Hall–Kier alpha value is -1.62. The van der Waals surface area contributed by atoms with Crippen molar-refractivity contribution in [1.29, 1.82) is 0 Å². The van der Waals surface area contributed by atoms with E-state index in [4.69, 9.17) is 5.73 Å². The lowest BCUT2D eigenvalue weighted by atomic mass is 10.2. The molecule has 78 valence electrons. The molecule has 0 saturated heterocycles. The van der Waals surface area contributed by atoms with Gasteiger partial charge in [-0.25, -0.2) is 4.98 Å². The Morgan fingerprint density at radius 2 is 1.93 bits per heavy atom. The van der Waals surface area contributed by atoms with Crippen LogP contribution in [0.15, 0.2) is 24.5 Å². The van der Waals surface area contributed by atoms with Crippen LogP contribution in [0.2, 0.25) is 0 Å². The highest BCUT2D eigenvalue weighted by molar-refractivity contribution is 7.19. The first-order valence-corrected chi connectivity index (χ1v) is 5.34. The molecule has 0 amide bonds. The van der Waals surface area contributed by atoms with Crippen LogP contribution in [0.3, 0.4) is 0 Å². The third-order valence-corrected chi connectivity index (χ3v) is 3.03. The highest BCUT2D eigenvalue weighted by atomic mass is 32.1. The van der Waals surface area contributed by atoms with Gasteiger partial charge < -0.3 is 10.6 Å². The Labute approximate surface area is 92.4 Å². The molecule has 2 aromatic heterocycles. The number of hydrogen-bond acceptors (Lipinski definition) is 5. The first-order valence-electron chi connectivity index (χ1n) is 4.52. The minimum Gasteiger partial charge on any atom is -0.389 e. The summed E-state index contributed by atoms with van der Waals surface area (Å²) in [7, 11) is 3.91. The summed E-state index contributed by atoms with van der Waals surface area (Å²) < 4.78 is 0. The number of rotatable bonds is 2. The van der Waals surface area contributed by atoms with Gasteiger partial charge >= 0.3 is 0 Å². The highest BCUT2D eigenvalue weighted by Crippen LogP contribution is 2.33. The summed E-state index contributed by atoms with van der Waals surface area (Å²) in [6, 6.07) is 3.82. The van der Waals surface area contributed by atoms with Crippen molar-refractivity contribution >= 4 is 21.5 Å². The number of nitrogens with two attached hydrogens (primary N) is 1. The Morgan fingerprint density at radius 3 is 2.47 bits per heavy atom. The maximum absolute atomic E-state index is 5.92. The fraction of sp³-hybridized carbons (Fsp3) is 0.200. The lowest BCUT2D eigenvalue weighted by molar-refractivity contribution is 1.11. The maximum atomic E-state index is 5.92. The normalized spacial score (nSPS) is 10.3. The van der Waals surface area contributed by atoms with Gasteiger partial charge in [-0.15, -0.1) is 0 Å². The summed E-state index contributed by atoms with van der Waals surface area (Å²) in [4.78, 5) is 10.4. The second-order valence-corrected chi connectivity index (χ2v) is 4.35. The Kier molecular flexibility index (Phi) is 2.55. The molecule has 0 aliphatic rings. The predicted octanol–water partition coefficient (Wildman–Crippen LogP) is 1.85. The van der Waals surface area contributed by atoms with E-state index in [2.05, 4.69) is 9.97 Å². The zero-order valence-electron chi connectivity index (χ0n) is 8.64. The van der Waals surface area contributed by atoms with E-state index in [1.807, 2.05) is 31.1 Å². The van der Waals surface area contributed by atoms with Gasteiger partial charge in [-0.2, -0.15) is 0 Å². The molecule has 0 aliphatic heterocycles. The van der Waals surface area contributed by atoms with Crippen molar-refractivity contribution in [3.05, 3.63) is 24.5 Å². The first-order chi connectivity index (χ1) is 7.18. The van der Waals surface area contributed by atoms with Crippen molar-refractivity contribution in [2.24, 2.45) is 0 Å². The minimum atomic E-state index is 0.741. The average Bonchev–Trinajstić information content (AvgIpc) is 2.62. The van der Waals surface area contributed by atoms with E-state index in [1.54, 1.807) is 12.4 Å². The van der Waals surface area contributed by atoms with Crippen LogP contribution in [0.5, 0.6) is 0 Å². The Morgan fingerprint density at radius 1 is 1.27 bits per heavy atom. The van der Waals surface area contributed by atoms with Crippen molar-refractivity contribution < 1.29 is 0 Å². The molecule has 2 rings (SSSR count). The van der Waals surface area contributed by atoms with Crippen molar-refractivity contribution in [2.75, 3.05) is 24.7 Å². The molecular formula is C10H12N4S. The molecule has 0 bridgehead atoms. The molecule has 2 aromatic rings. The van der Waals surface area contributed by atoms with E-state index in [1.165, 1.54) is 11.3 Å². The van der Waals surface area contributed by atoms with Crippen LogP contribution >= 0.6 is 11.3 Å². The molecule has 4 nitrogen and oxygen atoms in total. The second kappa shape index (κ2) is 3.86. The summed E-state index contributed by atoms with van der Waals surface area (Å²) in [5.41, 5.74) is 7.77. The van der Waals surface area contributed by atoms with Crippen LogP contribution in [0.1, 0.15) is 0 Å². The standard InChI is InChI=1S/C10H12N4S/c1-14(2)10-13-8(9(11)15-10)7-3-5-12-6-4-7/h3-6H,11H2,1-2H3. The lowest BCUT2D eigenvalue weighted by Crippen LogP contribution is -2.07. The Bertz CT molecular complexity index is 450. The monoisotopic (exact) mass is 220 g/mol. The number of nitrogens with zero attached hydrogens (tertiary/aromatic N) is 3. The zero-order chi connectivity index (χ0) is 10.8. The quantitative estimate of drug-likeness (QED) is 0.839. The van der Waals surface area contributed by atoms with E-state index >= 15 is 0 Å². The van der Waals surface area contributed by atoms with Crippen LogP contribution < -0.4 is 10.6 Å². The summed E-state index contributed by atoms with van der Waals surface area (Å²) in [6.45, 7) is 0. The van der Waals surface area contributed by atoms with E-state index in [0.29, 0.717) is 0 Å². The molecule has 2 heterocycles. The van der Waals surface area contributed by atoms with Gasteiger partial charge in [0, 0.05) is 32.1 Å². The van der Waals surface area contributed by atoms with Gasteiger partial charge in [0.1, 0.15) is 10.7 Å². The van der Waals surface area contributed by atoms with E-state index in [-0.39, 0.29) is 0 Å². The highest BCUT2D eigenvalue weighted by Gasteiger charge is 2.11. The smallest absolute Gasteiger partial charge is 0.187 e. The number of aromatic nitrogens is 2. The topological polar surface area (TPSA) is 55.0 Å². The molecule has 0 fully saturated rings. The molecule has 0 saturated carbocycles. The summed E-state index contributed by atoms with van der Waals surface area (Å²) in [5, 5.41) is 1.66. The SMILES string of the molecule is CN(C)c1nc(-c2ccncc2)c(N)s1. The van der Waals surface area contributed by atoms with Crippen LogP contribution in [0.4, 0.5) is 10.1 Å². The minimum absolute atomic E-state index is 0.741. The third kappa shape index (κ3) is 1.92. The molecular weight excluding hydrogens is 208 g/mol.